The maximum Gasteiger partial charge on any atom is 0.234 e. The van der Waals surface area contributed by atoms with Crippen molar-refractivity contribution in [3.63, 3.8) is 0 Å². The number of hydrogen-bond donors (Lipinski definition) is 1. The Balaban J connectivity index is 2.09. The fourth-order valence-electron chi connectivity index (χ4n) is 1.82. The van der Waals surface area contributed by atoms with E-state index in [0.29, 0.717) is 11.3 Å². The fraction of sp³-hybridized carbons (Fsp3) is 0.133. The van der Waals surface area contributed by atoms with E-state index in [2.05, 4.69) is 9.71 Å². The zero-order chi connectivity index (χ0) is 15.3. The summed E-state index contributed by atoms with van der Waals surface area (Å²) in [6, 6.07) is 14.1. The van der Waals surface area contributed by atoms with Crippen LogP contribution in [0, 0.1) is 0 Å². The number of hydrogen-bond acceptors (Lipinski definition) is 3. The molecule has 6 heteroatoms. The molecule has 0 bridgehead atoms. The molecule has 2 rings (SSSR count). The van der Waals surface area contributed by atoms with E-state index in [9.17, 15) is 8.42 Å². The first-order valence-corrected chi connectivity index (χ1v) is 7.99. The fourth-order valence-corrected chi connectivity index (χ4v) is 2.84. The minimum absolute atomic E-state index is 0.311. The van der Waals surface area contributed by atoms with Gasteiger partial charge in [-0.3, -0.25) is 4.98 Å². The van der Waals surface area contributed by atoms with Gasteiger partial charge in [-0.2, -0.15) is 0 Å². The van der Waals surface area contributed by atoms with Crippen molar-refractivity contribution in [3.05, 3.63) is 65.2 Å². The molecule has 106 valence electrons. The van der Waals surface area contributed by atoms with Crippen LogP contribution in [-0.2, 0) is 10.0 Å². The highest BCUT2D eigenvalue weighted by molar-refractivity contribution is 7.92. The van der Waals surface area contributed by atoms with E-state index in [1.165, 1.54) is 6.08 Å². The first kappa shape index (κ1) is 15.5. The Morgan fingerprint density at radius 1 is 1.14 bits per heavy atom. The molecular weight excluding hydrogens is 283 g/mol. The van der Waals surface area contributed by atoms with Crippen LogP contribution >= 0.6 is 0 Å². The third-order valence-corrected chi connectivity index (χ3v) is 4.03. The molecule has 0 aliphatic carbocycles. The van der Waals surface area contributed by atoms with E-state index >= 15 is 0 Å². The van der Waals surface area contributed by atoms with E-state index in [4.69, 9.17) is 7.85 Å². The number of rotatable bonds is 5. The minimum atomic E-state index is -3.55. The van der Waals surface area contributed by atoms with Gasteiger partial charge < -0.3 is 0 Å². The number of benzene rings is 1. The molecule has 21 heavy (non-hydrogen) atoms. The van der Waals surface area contributed by atoms with Crippen LogP contribution in [0.4, 0.5) is 0 Å². The van der Waals surface area contributed by atoms with Crippen LogP contribution in [0.2, 0.25) is 0 Å². The summed E-state index contributed by atoms with van der Waals surface area (Å²) in [6.45, 7) is 1.79. The van der Waals surface area contributed by atoms with Gasteiger partial charge in [0.1, 0.15) is 7.85 Å². The third-order valence-electron chi connectivity index (χ3n) is 2.85. The Kier molecular flexibility index (Phi) is 4.93. The first-order chi connectivity index (χ1) is 9.96. The van der Waals surface area contributed by atoms with Crippen LogP contribution in [0.25, 0.3) is 6.08 Å². The number of nitrogens with one attached hydrogen (secondary N) is 1. The smallest absolute Gasteiger partial charge is 0.234 e. The highest BCUT2D eigenvalue weighted by atomic mass is 32.2. The summed E-state index contributed by atoms with van der Waals surface area (Å²) in [5, 5.41) is 1.09. The molecule has 0 unspecified atom stereocenters. The van der Waals surface area contributed by atoms with Gasteiger partial charge in [-0.1, -0.05) is 42.5 Å². The summed E-state index contributed by atoms with van der Waals surface area (Å²) in [4.78, 5) is 4.01. The summed E-state index contributed by atoms with van der Waals surface area (Å²) in [5.74, 6) is 0. The minimum Gasteiger partial charge on any atom is -0.265 e. The molecule has 1 N–H and O–H groups in total. The summed E-state index contributed by atoms with van der Waals surface area (Å²) in [6.07, 6.45) is 1.41. The SMILES string of the molecule is [B]c1cccc(/C=C/S(=O)(=O)N[C@H](C)c2ccccc2)n1. The van der Waals surface area contributed by atoms with Crippen molar-refractivity contribution in [1.29, 1.82) is 0 Å². The van der Waals surface area contributed by atoms with E-state index < -0.39 is 10.0 Å². The van der Waals surface area contributed by atoms with Crippen LogP contribution in [0.15, 0.2) is 53.9 Å². The molecule has 0 amide bonds. The van der Waals surface area contributed by atoms with E-state index in [1.54, 1.807) is 25.1 Å². The molecule has 1 aromatic heterocycles. The lowest BCUT2D eigenvalue weighted by atomic mass is 10.0. The Labute approximate surface area is 126 Å². The predicted octanol–water partition coefficient (Wildman–Crippen LogP) is 1.53. The molecule has 1 heterocycles. The number of pyridine rings is 1. The zero-order valence-corrected chi connectivity index (χ0v) is 12.4. The topological polar surface area (TPSA) is 59.1 Å². The van der Waals surface area contributed by atoms with Gasteiger partial charge >= 0.3 is 0 Å². The average molecular weight is 298 g/mol. The van der Waals surface area contributed by atoms with Crippen molar-refractivity contribution < 1.29 is 8.42 Å². The Bertz CT molecular complexity index is 730. The van der Waals surface area contributed by atoms with E-state index in [-0.39, 0.29) is 6.04 Å². The largest absolute Gasteiger partial charge is 0.265 e. The standard InChI is InChI=1S/C15H15BN2O2S/c1-12(13-6-3-2-4-7-13)18-21(19,20)11-10-14-8-5-9-15(16)17-14/h2-12,18H,1H3/b11-10+/t12-/m1/s1. The molecule has 4 nitrogen and oxygen atoms in total. The van der Waals surface area contributed by atoms with Gasteiger partial charge in [0.25, 0.3) is 0 Å². The van der Waals surface area contributed by atoms with Gasteiger partial charge in [0.05, 0.1) is 5.69 Å². The van der Waals surface area contributed by atoms with Crippen LogP contribution < -0.4 is 10.3 Å². The third kappa shape index (κ3) is 4.84. The molecule has 2 aromatic rings. The lowest BCUT2D eigenvalue weighted by Crippen LogP contribution is -2.24. The maximum atomic E-state index is 12.0. The Morgan fingerprint density at radius 3 is 2.52 bits per heavy atom. The van der Waals surface area contributed by atoms with Crippen molar-refractivity contribution >= 4 is 29.5 Å². The second kappa shape index (κ2) is 6.69. The molecule has 0 saturated heterocycles. The van der Waals surface area contributed by atoms with Crippen LogP contribution in [0.5, 0.6) is 0 Å². The Morgan fingerprint density at radius 2 is 1.86 bits per heavy atom. The summed E-state index contributed by atoms with van der Waals surface area (Å²) < 4.78 is 26.6. The molecule has 0 saturated carbocycles. The second-order valence-corrected chi connectivity index (χ2v) is 6.18. The molecule has 0 fully saturated rings. The van der Waals surface area contributed by atoms with Crippen LogP contribution in [0.3, 0.4) is 0 Å². The predicted molar refractivity (Wildman–Crippen MR) is 85.6 cm³/mol. The molecular formula is C15H15BN2O2S. The van der Waals surface area contributed by atoms with Crippen molar-refractivity contribution in [1.82, 2.24) is 9.71 Å². The first-order valence-electron chi connectivity index (χ1n) is 6.44. The van der Waals surface area contributed by atoms with Crippen molar-refractivity contribution in [2.75, 3.05) is 0 Å². The van der Waals surface area contributed by atoms with Crippen molar-refractivity contribution in [2.24, 2.45) is 0 Å². The van der Waals surface area contributed by atoms with Crippen LogP contribution in [0.1, 0.15) is 24.2 Å². The second-order valence-electron chi connectivity index (χ2n) is 4.59. The molecule has 0 aliphatic rings. The monoisotopic (exact) mass is 298 g/mol. The lowest BCUT2D eigenvalue weighted by molar-refractivity contribution is 0.576. The van der Waals surface area contributed by atoms with E-state index in [0.717, 1.165) is 11.0 Å². The van der Waals surface area contributed by atoms with Crippen molar-refractivity contribution in [3.8, 4) is 0 Å². The summed E-state index contributed by atoms with van der Waals surface area (Å²) >= 11 is 0. The lowest BCUT2D eigenvalue weighted by Gasteiger charge is -2.12. The van der Waals surface area contributed by atoms with Gasteiger partial charge in [0.2, 0.25) is 10.0 Å². The van der Waals surface area contributed by atoms with Gasteiger partial charge in [-0.25, -0.2) is 13.1 Å². The molecule has 1 aromatic carbocycles. The highest BCUT2D eigenvalue weighted by Gasteiger charge is 2.12. The average Bonchev–Trinajstić information content (AvgIpc) is 2.46. The van der Waals surface area contributed by atoms with Gasteiger partial charge in [-0.05, 0) is 30.2 Å². The molecule has 2 radical (unpaired) electrons. The molecule has 1 atom stereocenters. The quantitative estimate of drug-likeness (QED) is 0.852. The Hall–Kier alpha value is -1.92. The van der Waals surface area contributed by atoms with Crippen molar-refractivity contribution in [2.45, 2.75) is 13.0 Å². The van der Waals surface area contributed by atoms with E-state index in [1.807, 2.05) is 30.3 Å². The normalized spacial score (nSPS) is 13.4. The summed E-state index contributed by atoms with van der Waals surface area (Å²) in [7, 11) is 1.99. The maximum absolute atomic E-state index is 12.0. The van der Waals surface area contributed by atoms with Gasteiger partial charge in [-0.15, -0.1) is 0 Å². The molecule has 0 spiro atoms. The summed E-state index contributed by atoms with van der Waals surface area (Å²) in [5.41, 5.74) is 1.74. The number of aromatic nitrogens is 1. The number of sulfonamides is 1. The van der Waals surface area contributed by atoms with Gasteiger partial charge in [0, 0.05) is 11.4 Å². The zero-order valence-electron chi connectivity index (χ0n) is 11.6. The highest BCUT2D eigenvalue weighted by Crippen LogP contribution is 2.13. The van der Waals surface area contributed by atoms with Gasteiger partial charge in [0.15, 0.2) is 0 Å². The molecule has 0 aliphatic heterocycles. The van der Waals surface area contributed by atoms with Crippen LogP contribution in [-0.4, -0.2) is 21.2 Å². The number of nitrogens with zero attached hydrogens (tertiary/aromatic N) is 1.